The highest BCUT2D eigenvalue weighted by Crippen LogP contribution is 2.28. The van der Waals surface area contributed by atoms with Crippen molar-refractivity contribution in [2.24, 2.45) is 11.8 Å². The van der Waals surface area contributed by atoms with Crippen LogP contribution < -0.4 is 0 Å². The van der Waals surface area contributed by atoms with Gasteiger partial charge in [-0.3, -0.25) is 0 Å². The first-order chi connectivity index (χ1) is 9.15. The monoisotopic (exact) mass is 276 g/mol. The van der Waals surface area contributed by atoms with Gasteiger partial charge in [0.2, 0.25) is 0 Å². The van der Waals surface area contributed by atoms with Crippen LogP contribution in [0.2, 0.25) is 0 Å². The van der Waals surface area contributed by atoms with Crippen molar-refractivity contribution in [2.75, 3.05) is 26.4 Å². The van der Waals surface area contributed by atoms with Gasteiger partial charge in [-0.2, -0.15) is 0 Å². The summed E-state index contributed by atoms with van der Waals surface area (Å²) in [6.45, 7) is 14.8. The number of rotatable bonds is 12. The molecule has 0 aromatic carbocycles. The normalized spacial score (nSPS) is 13.7. The molecule has 4 nitrogen and oxygen atoms in total. The molecule has 0 N–H and O–H groups in total. The molecule has 0 rings (SSSR count). The zero-order chi connectivity index (χ0) is 14.7. The third kappa shape index (κ3) is 6.70. The lowest BCUT2D eigenvalue weighted by atomic mass is 9.90. The van der Waals surface area contributed by atoms with E-state index in [4.69, 9.17) is 18.9 Å². The zero-order valence-corrected chi connectivity index (χ0v) is 13.5. The van der Waals surface area contributed by atoms with E-state index in [1.165, 1.54) is 0 Å². The summed E-state index contributed by atoms with van der Waals surface area (Å²) in [4.78, 5) is 0. The van der Waals surface area contributed by atoms with Crippen LogP contribution in [0.5, 0.6) is 0 Å². The summed E-state index contributed by atoms with van der Waals surface area (Å²) >= 11 is 0. The van der Waals surface area contributed by atoms with Crippen LogP contribution in [0.3, 0.4) is 0 Å². The topological polar surface area (TPSA) is 36.9 Å². The van der Waals surface area contributed by atoms with E-state index in [0.29, 0.717) is 32.3 Å². The molecule has 0 aliphatic heterocycles. The Morgan fingerprint density at radius 1 is 0.632 bits per heavy atom. The lowest BCUT2D eigenvalue weighted by Crippen LogP contribution is -2.42. The zero-order valence-electron chi connectivity index (χ0n) is 13.5. The Balaban J connectivity index is 4.98. The van der Waals surface area contributed by atoms with E-state index in [0.717, 1.165) is 6.42 Å². The van der Waals surface area contributed by atoms with Gasteiger partial charge in [0.05, 0.1) is 5.92 Å². The molecule has 0 radical (unpaired) electrons. The standard InChI is InChI=1S/C15H32O4/c1-7-12(6)13(14(16-8-2)17-9-3)15(18-10-4)19-11-5/h12-15H,7-11H2,1-6H3/t12-/m1/s1. The molecule has 0 unspecified atom stereocenters. The van der Waals surface area contributed by atoms with Gasteiger partial charge in [0.15, 0.2) is 12.6 Å². The maximum absolute atomic E-state index is 5.76. The minimum Gasteiger partial charge on any atom is -0.352 e. The molecule has 116 valence electrons. The van der Waals surface area contributed by atoms with E-state index < -0.39 is 0 Å². The van der Waals surface area contributed by atoms with Crippen LogP contribution in [0, 0.1) is 11.8 Å². The van der Waals surface area contributed by atoms with Crippen molar-refractivity contribution in [3.63, 3.8) is 0 Å². The summed E-state index contributed by atoms with van der Waals surface area (Å²) < 4.78 is 23.0. The maximum Gasteiger partial charge on any atom is 0.165 e. The van der Waals surface area contributed by atoms with Gasteiger partial charge < -0.3 is 18.9 Å². The quantitative estimate of drug-likeness (QED) is 0.512. The van der Waals surface area contributed by atoms with Crippen LogP contribution in [0.15, 0.2) is 0 Å². The highest BCUT2D eigenvalue weighted by Gasteiger charge is 2.35. The molecule has 19 heavy (non-hydrogen) atoms. The van der Waals surface area contributed by atoms with Crippen LogP contribution in [0.25, 0.3) is 0 Å². The van der Waals surface area contributed by atoms with Crippen LogP contribution in [-0.4, -0.2) is 39.0 Å². The van der Waals surface area contributed by atoms with Gasteiger partial charge in [-0.1, -0.05) is 20.3 Å². The largest absolute Gasteiger partial charge is 0.352 e. The van der Waals surface area contributed by atoms with Crippen molar-refractivity contribution in [3.05, 3.63) is 0 Å². The second-order valence-electron chi connectivity index (χ2n) is 4.52. The Morgan fingerprint density at radius 2 is 0.947 bits per heavy atom. The van der Waals surface area contributed by atoms with E-state index in [9.17, 15) is 0 Å². The first-order valence-corrected chi connectivity index (χ1v) is 7.62. The summed E-state index contributed by atoms with van der Waals surface area (Å²) in [6.07, 6.45) is 0.499. The summed E-state index contributed by atoms with van der Waals surface area (Å²) in [6, 6.07) is 0. The van der Waals surface area contributed by atoms with Crippen LogP contribution >= 0.6 is 0 Å². The number of ether oxygens (including phenoxy) is 4. The fraction of sp³-hybridized carbons (Fsp3) is 1.00. The number of hydrogen-bond acceptors (Lipinski definition) is 4. The minimum absolute atomic E-state index is 0.0878. The smallest absolute Gasteiger partial charge is 0.165 e. The molecule has 0 amide bonds. The Bertz CT molecular complexity index is 171. The summed E-state index contributed by atoms with van der Waals surface area (Å²) in [5.41, 5.74) is 0. The highest BCUT2D eigenvalue weighted by molar-refractivity contribution is 4.73. The molecule has 0 heterocycles. The van der Waals surface area contributed by atoms with Gasteiger partial charge in [0, 0.05) is 26.4 Å². The van der Waals surface area contributed by atoms with Gasteiger partial charge in [0.1, 0.15) is 0 Å². The van der Waals surface area contributed by atoms with Gasteiger partial charge in [0.25, 0.3) is 0 Å². The lowest BCUT2D eigenvalue weighted by Gasteiger charge is -2.36. The average Bonchev–Trinajstić information content (AvgIpc) is 2.39. The van der Waals surface area contributed by atoms with Crippen LogP contribution in [0.4, 0.5) is 0 Å². The van der Waals surface area contributed by atoms with Gasteiger partial charge in [-0.05, 0) is 33.6 Å². The molecule has 0 saturated carbocycles. The van der Waals surface area contributed by atoms with Crippen molar-refractivity contribution in [3.8, 4) is 0 Å². The van der Waals surface area contributed by atoms with Gasteiger partial charge in [-0.15, -0.1) is 0 Å². The summed E-state index contributed by atoms with van der Waals surface area (Å²) in [5, 5.41) is 0. The summed E-state index contributed by atoms with van der Waals surface area (Å²) in [5.74, 6) is 0.496. The van der Waals surface area contributed by atoms with Crippen molar-refractivity contribution in [1.29, 1.82) is 0 Å². The van der Waals surface area contributed by atoms with Crippen molar-refractivity contribution in [2.45, 2.75) is 60.5 Å². The van der Waals surface area contributed by atoms with E-state index in [1.807, 2.05) is 27.7 Å². The maximum atomic E-state index is 5.76. The predicted molar refractivity (Wildman–Crippen MR) is 77.0 cm³/mol. The molecule has 0 bridgehead atoms. The predicted octanol–water partition coefficient (Wildman–Crippen LogP) is 3.45. The van der Waals surface area contributed by atoms with Crippen LogP contribution in [0.1, 0.15) is 48.0 Å². The van der Waals surface area contributed by atoms with Gasteiger partial charge in [-0.25, -0.2) is 0 Å². The second-order valence-corrected chi connectivity index (χ2v) is 4.52. The van der Waals surface area contributed by atoms with Gasteiger partial charge >= 0.3 is 0 Å². The molecule has 0 aliphatic carbocycles. The molecule has 1 atom stereocenters. The Hall–Kier alpha value is -0.160. The SMILES string of the molecule is CCOC(OCC)C(C(OCC)OCC)[C@H](C)CC. The molecule has 0 spiro atoms. The van der Waals surface area contributed by atoms with E-state index in [1.54, 1.807) is 0 Å². The highest BCUT2D eigenvalue weighted by atomic mass is 16.7. The van der Waals surface area contributed by atoms with E-state index >= 15 is 0 Å². The van der Waals surface area contributed by atoms with Crippen molar-refractivity contribution < 1.29 is 18.9 Å². The number of hydrogen-bond donors (Lipinski definition) is 0. The first kappa shape index (κ1) is 18.8. The molecule has 0 aromatic heterocycles. The molecular weight excluding hydrogens is 244 g/mol. The first-order valence-electron chi connectivity index (χ1n) is 7.62. The third-order valence-corrected chi connectivity index (χ3v) is 3.25. The van der Waals surface area contributed by atoms with E-state index in [2.05, 4.69) is 13.8 Å². The van der Waals surface area contributed by atoms with Crippen molar-refractivity contribution in [1.82, 2.24) is 0 Å². The Labute approximate surface area is 118 Å². The van der Waals surface area contributed by atoms with Crippen molar-refractivity contribution >= 4 is 0 Å². The fourth-order valence-corrected chi connectivity index (χ4v) is 2.13. The third-order valence-electron chi connectivity index (χ3n) is 3.25. The summed E-state index contributed by atoms with van der Waals surface area (Å²) in [7, 11) is 0. The lowest BCUT2D eigenvalue weighted by molar-refractivity contribution is -0.258. The Kier molecular flexibility index (Phi) is 11.6. The molecule has 0 saturated heterocycles. The Morgan fingerprint density at radius 3 is 1.16 bits per heavy atom. The van der Waals surface area contributed by atoms with E-state index in [-0.39, 0.29) is 18.5 Å². The fourth-order valence-electron chi connectivity index (χ4n) is 2.13. The molecule has 4 heteroatoms. The van der Waals surface area contributed by atoms with Crippen LogP contribution in [-0.2, 0) is 18.9 Å². The average molecular weight is 276 g/mol. The minimum atomic E-state index is -0.270. The second kappa shape index (κ2) is 11.6. The molecule has 0 fully saturated rings. The molecule has 0 aliphatic rings. The molecule has 0 aromatic rings. The molecular formula is C15H32O4.